The Balaban J connectivity index is 1.90. The molecule has 0 aliphatic carbocycles. The zero-order chi connectivity index (χ0) is 27.7. The van der Waals surface area contributed by atoms with Gasteiger partial charge in [-0.3, -0.25) is 0 Å². The predicted molar refractivity (Wildman–Crippen MR) is 146 cm³/mol. The maximum absolute atomic E-state index is 12.6. The highest BCUT2D eigenvalue weighted by atomic mass is 19.4. The second kappa shape index (κ2) is 13.4. The van der Waals surface area contributed by atoms with Gasteiger partial charge in [0, 0.05) is 24.5 Å². The lowest BCUT2D eigenvalue weighted by Gasteiger charge is -2.37. The number of anilines is 1. The van der Waals surface area contributed by atoms with Crippen molar-refractivity contribution in [2.45, 2.75) is 45.0 Å². The first-order chi connectivity index (χ1) is 18.2. The number of methoxy groups -OCH3 is 2. The SMILES string of the molecule is C=C(/C=C(\C=N)c1cc(CCC)c(OC)c(OC)c1)CN(c1ccc(OC(F)(F)F)cc1)C1CCNCC1. The predicted octanol–water partition coefficient (Wildman–Crippen LogP) is 6.40. The standard InChI is InChI=1S/C29H36F3N3O3/c1-5-6-21-16-22(17-27(36-3)28(21)37-4)23(18-33)15-20(2)19-35(25-11-13-34-14-12-25)24-7-9-26(10-8-24)38-29(30,31)32/h7-10,15-18,25,33-34H,2,5-6,11-14,19H2,1,3-4H3/b23-15+,33-18?. The van der Waals surface area contributed by atoms with Gasteiger partial charge in [0.05, 0.1) is 14.2 Å². The number of alkyl halides is 3. The van der Waals surface area contributed by atoms with Crippen molar-refractivity contribution >= 4 is 17.5 Å². The van der Waals surface area contributed by atoms with Gasteiger partial charge in [-0.1, -0.05) is 19.9 Å². The molecule has 2 N–H and O–H groups in total. The fraction of sp³-hybridized carbons (Fsp3) is 0.414. The largest absolute Gasteiger partial charge is 0.573 e. The van der Waals surface area contributed by atoms with Crippen LogP contribution in [0.15, 0.2) is 54.6 Å². The first-order valence-electron chi connectivity index (χ1n) is 12.7. The zero-order valence-corrected chi connectivity index (χ0v) is 22.2. The van der Waals surface area contributed by atoms with Crippen molar-refractivity contribution in [3.8, 4) is 17.2 Å². The number of nitrogens with one attached hydrogen (secondary N) is 2. The molecule has 9 heteroatoms. The molecule has 38 heavy (non-hydrogen) atoms. The molecule has 6 nitrogen and oxygen atoms in total. The number of rotatable bonds is 12. The monoisotopic (exact) mass is 531 g/mol. The summed E-state index contributed by atoms with van der Waals surface area (Å²) in [7, 11) is 3.20. The molecule has 1 aliphatic rings. The van der Waals surface area contributed by atoms with Crippen LogP contribution in [0.2, 0.25) is 0 Å². The van der Waals surface area contributed by atoms with E-state index in [1.807, 2.05) is 18.2 Å². The van der Waals surface area contributed by atoms with E-state index in [4.69, 9.17) is 14.9 Å². The molecule has 1 heterocycles. The quantitative estimate of drug-likeness (QED) is 0.245. The van der Waals surface area contributed by atoms with Crippen molar-refractivity contribution in [2.75, 3.05) is 38.8 Å². The van der Waals surface area contributed by atoms with Crippen LogP contribution in [0.3, 0.4) is 0 Å². The Hall–Kier alpha value is -3.46. The van der Waals surface area contributed by atoms with Gasteiger partial charge in [0.2, 0.25) is 0 Å². The maximum atomic E-state index is 12.6. The van der Waals surface area contributed by atoms with Gasteiger partial charge in [-0.05, 0) is 97.1 Å². The van der Waals surface area contributed by atoms with Crippen LogP contribution in [0, 0.1) is 5.41 Å². The summed E-state index contributed by atoms with van der Waals surface area (Å²) < 4.78 is 53.0. The van der Waals surface area contributed by atoms with E-state index in [0.717, 1.165) is 61.2 Å². The van der Waals surface area contributed by atoms with E-state index in [1.54, 1.807) is 26.4 Å². The van der Waals surface area contributed by atoms with E-state index < -0.39 is 6.36 Å². The van der Waals surface area contributed by atoms with Gasteiger partial charge in [0.15, 0.2) is 11.5 Å². The van der Waals surface area contributed by atoms with Gasteiger partial charge in [0.1, 0.15) is 5.75 Å². The Morgan fingerprint density at radius 1 is 1.13 bits per heavy atom. The number of benzene rings is 2. The van der Waals surface area contributed by atoms with Crippen LogP contribution in [0.1, 0.15) is 37.3 Å². The fourth-order valence-electron chi connectivity index (χ4n) is 4.75. The maximum Gasteiger partial charge on any atom is 0.573 e. The first-order valence-corrected chi connectivity index (χ1v) is 12.7. The summed E-state index contributed by atoms with van der Waals surface area (Å²) in [4.78, 5) is 2.16. The summed E-state index contributed by atoms with van der Waals surface area (Å²) in [6.07, 6.45) is 1.95. The van der Waals surface area contributed by atoms with Gasteiger partial charge in [-0.2, -0.15) is 0 Å². The summed E-state index contributed by atoms with van der Waals surface area (Å²) >= 11 is 0. The van der Waals surface area contributed by atoms with Crippen molar-refractivity contribution in [2.24, 2.45) is 0 Å². The molecule has 0 aromatic heterocycles. The molecule has 2 aromatic carbocycles. The van der Waals surface area contributed by atoms with Crippen LogP contribution in [-0.2, 0) is 6.42 Å². The number of nitrogens with zero attached hydrogens (tertiary/aromatic N) is 1. The lowest BCUT2D eigenvalue weighted by molar-refractivity contribution is -0.274. The smallest absolute Gasteiger partial charge is 0.493 e. The molecule has 0 saturated carbocycles. The molecular formula is C29H36F3N3O3. The molecule has 0 amide bonds. The third kappa shape index (κ3) is 7.77. The zero-order valence-electron chi connectivity index (χ0n) is 22.2. The summed E-state index contributed by atoms with van der Waals surface area (Å²) in [5.41, 5.74) is 4.05. The van der Waals surface area contributed by atoms with E-state index in [9.17, 15) is 13.2 Å². The van der Waals surface area contributed by atoms with Crippen LogP contribution in [0.25, 0.3) is 5.57 Å². The van der Waals surface area contributed by atoms with Crippen LogP contribution >= 0.6 is 0 Å². The molecule has 1 aliphatic heterocycles. The molecule has 1 fully saturated rings. The van der Waals surface area contributed by atoms with Gasteiger partial charge in [-0.15, -0.1) is 13.2 Å². The Labute approximate surface area is 222 Å². The number of ether oxygens (including phenoxy) is 3. The number of piperidine rings is 1. The normalized spacial score (nSPS) is 14.6. The molecule has 2 aromatic rings. The van der Waals surface area contributed by atoms with Gasteiger partial charge in [0.25, 0.3) is 0 Å². The Morgan fingerprint density at radius 3 is 2.37 bits per heavy atom. The lowest BCUT2D eigenvalue weighted by Crippen LogP contribution is -2.44. The Kier molecular flexibility index (Phi) is 10.2. The molecule has 0 unspecified atom stereocenters. The fourth-order valence-corrected chi connectivity index (χ4v) is 4.75. The Morgan fingerprint density at radius 2 is 1.82 bits per heavy atom. The number of halogens is 3. The summed E-state index contributed by atoms with van der Waals surface area (Å²) in [6.45, 7) is 8.52. The molecule has 3 rings (SSSR count). The van der Waals surface area contributed by atoms with Crippen molar-refractivity contribution in [3.63, 3.8) is 0 Å². The lowest BCUT2D eigenvalue weighted by atomic mass is 9.97. The minimum Gasteiger partial charge on any atom is -0.493 e. The van der Waals surface area contributed by atoms with E-state index in [0.29, 0.717) is 23.6 Å². The first kappa shape index (κ1) is 29.1. The van der Waals surface area contributed by atoms with E-state index in [-0.39, 0.29) is 11.8 Å². The highest BCUT2D eigenvalue weighted by Crippen LogP contribution is 2.36. The van der Waals surface area contributed by atoms with Crippen molar-refractivity contribution in [3.05, 3.63) is 65.8 Å². The third-order valence-corrected chi connectivity index (χ3v) is 6.45. The van der Waals surface area contributed by atoms with Crippen molar-refractivity contribution in [1.82, 2.24) is 5.32 Å². The van der Waals surface area contributed by atoms with Gasteiger partial charge in [-0.25, -0.2) is 0 Å². The van der Waals surface area contributed by atoms with Crippen molar-refractivity contribution < 1.29 is 27.4 Å². The molecule has 0 atom stereocenters. The van der Waals surface area contributed by atoms with Crippen LogP contribution in [0.5, 0.6) is 17.2 Å². The number of allylic oxidation sites excluding steroid dienone is 1. The molecular weight excluding hydrogens is 495 g/mol. The average Bonchev–Trinajstić information content (AvgIpc) is 2.90. The van der Waals surface area contributed by atoms with Crippen LogP contribution < -0.4 is 24.4 Å². The highest BCUT2D eigenvalue weighted by molar-refractivity contribution is 6.09. The average molecular weight is 532 g/mol. The summed E-state index contributed by atoms with van der Waals surface area (Å²) in [5.74, 6) is 1.04. The summed E-state index contributed by atoms with van der Waals surface area (Å²) in [5, 5.41) is 11.4. The highest BCUT2D eigenvalue weighted by Gasteiger charge is 2.31. The number of aryl methyl sites for hydroxylation is 1. The number of hydrogen-bond donors (Lipinski definition) is 2. The second-order valence-corrected chi connectivity index (χ2v) is 9.17. The summed E-state index contributed by atoms with van der Waals surface area (Å²) in [6, 6.07) is 10.0. The van der Waals surface area contributed by atoms with Gasteiger partial charge >= 0.3 is 6.36 Å². The van der Waals surface area contributed by atoms with E-state index in [1.165, 1.54) is 18.3 Å². The Bertz CT molecular complexity index is 1120. The molecule has 0 radical (unpaired) electrons. The minimum absolute atomic E-state index is 0.191. The molecule has 1 saturated heterocycles. The van der Waals surface area contributed by atoms with Crippen molar-refractivity contribution in [1.29, 1.82) is 5.41 Å². The topological polar surface area (TPSA) is 66.8 Å². The third-order valence-electron chi connectivity index (χ3n) is 6.45. The van der Waals surface area contributed by atoms with Crippen LogP contribution in [0.4, 0.5) is 18.9 Å². The molecule has 0 spiro atoms. The van der Waals surface area contributed by atoms with E-state index >= 15 is 0 Å². The second-order valence-electron chi connectivity index (χ2n) is 9.17. The molecule has 0 bridgehead atoms. The molecule has 206 valence electrons. The number of hydrogen-bond acceptors (Lipinski definition) is 6. The van der Waals surface area contributed by atoms with Crippen LogP contribution in [-0.4, -0.2) is 52.5 Å². The minimum atomic E-state index is -4.74. The van der Waals surface area contributed by atoms with E-state index in [2.05, 4.69) is 28.5 Å². The van der Waals surface area contributed by atoms with Gasteiger partial charge < -0.3 is 29.8 Å².